The largest absolute Gasteiger partial charge is 0.236 e. The van der Waals surface area contributed by atoms with E-state index in [0.29, 0.717) is 21.7 Å². The van der Waals surface area contributed by atoms with E-state index in [1.807, 2.05) is 30.3 Å². The van der Waals surface area contributed by atoms with Crippen molar-refractivity contribution in [3.63, 3.8) is 0 Å². The van der Waals surface area contributed by atoms with Gasteiger partial charge in [-0.25, -0.2) is 9.37 Å². The molecule has 5 nitrogen and oxygen atoms in total. The third-order valence-electron chi connectivity index (χ3n) is 3.60. The van der Waals surface area contributed by atoms with Gasteiger partial charge >= 0.3 is 0 Å². The van der Waals surface area contributed by atoms with Crippen molar-refractivity contribution >= 4 is 34.3 Å². The molecule has 0 unspecified atom stereocenters. The Balaban J connectivity index is 1.60. The number of benzene rings is 2. The highest BCUT2D eigenvalue weighted by Crippen LogP contribution is 2.28. The highest BCUT2D eigenvalue weighted by molar-refractivity contribution is 7.98. The van der Waals surface area contributed by atoms with Crippen LogP contribution in [0, 0.1) is 5.82 Å². The van der Waals surface area contributed by atoms with E-state index in [-0.39, 0.29) is 5.82 Å². The number of hydrogen-bond acceptors (Lipinski definition) is 5. The first-order valence-electron chi connectivity index (χ1n) is 7.42. The summed E-state index contributed by atoms with van der Waals surface area (Å²) in [6.45, 7) is 0. The van der Waals surface area contributed by atoms with Crippen LogP contribution in [0.1, 0.15) is 5.56 Å². The van der Waals surface area contributed by atoms with Gasteiger partial charge in [-0.1, -0.05) is 47.6 Å². The van der Waals surface area contributed by atoms with Gasteiger partial charge < -0.3 is 0 Å². The monoisotopic (exact) mass is 371 g/mol. The molecule has 0 atom stereocenters. The van der Waals surface area contributed by atoms with Gasteiger partial charge in [0, 0.05) is 16.7 Å². The van der Waals surface area contributed by atoms with Crippen LogP contribution in [0.2, 0.25) is 5.15 Å². The van der Waals surface area contributed by atoms with Crippen LogP contribution in [0.5, 0.6) is 0 Å². The van der Waals surface area contributed by atoms with Gasteiger partial charge in [0.25, 0.3) is 0 Å². The number of nitrogens with zero attached hydrogens (tertiary/aromatic N) is 5. The molecule has 2 aromatic carbocycles. The van der Waals surface area contributed by atoms with E-state index in [2.05, 4.69) is 20.5 Å². The van der Waals surface area contributed by atoms with Gasteiger partial charge in [0.2, 0.25) is 5.16 Å². The maximum atomic E-state index is 13.4. The van der Waals surface area contributed by atoms with Gasteiger partial charge in [0.05, 0.1) is 11.2 Å². The standard InChI is InChI=1S/C17H11ClFN5S/c18-16-12(8-11-4-1-2-7-15(11)20-16)10-25-17-21-22-23-24(17)14-6-3-5-13(19)9-14/h1-9H,10H2. The first-order valence-corrected chi connectivity index (χ1v) is 8.78. The lowest BCUT2D eigenvalue weighted by molar-refractivity contribution is 0.623. The molecule has 0 saturated carbocycles. The van der Waals surface area contributed by atoms with Gasteiger partial charge in [-0.15, -0.1) is 5.10 Å². The predicted octanol–water partition coefficient (Wildman–Crippen LogP) is 4.30. The molecule has 0 aliphatic carbocycles. The third kappa shape index (κ3) is 3.33. The predicted molar refractivity (Wildman–Crippen MR) is 95.4 cm³/mol. The summed E-state index contributed by atoms with van der Waals surface area (Å²) < 4.78 is 14.9. The van der Waals surface area contributed by atoms with Gasteiger partial charge in [-0.05, 0) is 40.8 Å². The Hall–Kier alpha value is -2.51. The van der Waals surface area contributed by atoms with Crippen LogP contribution in [-0.2, 0) is 5.75 Å². The molecule has 2 aromatic heterocycles. The number of halogens is 2. The van der Waals surface area contributed by atoms with Crippen molar-refractivity contribution in [2.75, 3.05) is 0 Å². The molecule has 0 aliphatic rings. The van der Waals surface area contributed by atoms with Crippen LogP contribution in [0.25, 0.3) is 16.6 Å². The Morgan fingerprint density at radius 3 is 2.84 bits per heavy atom. The van der Waals surface area contributed by atoms with Crippen LogP contribution < -0.4 is 0 Å². The minimum absolute atomic E-state index is 0.342. The normalized spacial score (nSPS) is 11.1. The average Bonchev–Trinajstić information content (AvgIpc) is 3.08. The molecular weight excluding hydrogens is 361 g/mol. The van der Waals surface area contributed by atoms with Crippen LogP contribution in [0.4, 0.5) is 4.39 Å². The number of fused-ring (bicyclic) bond motifs is 1. The SMILES string of the molecule is Fc1cccc(-n2nnnc2SCc2cc3ccccc3nc2Cl)c1. The molecule has 0 spiro atoms. The Morgan fingerprint density at radius 2 is 1.96 bits per heavy atom. The Morgan fingerprint density at radius 1 is 1.08 bits per heavy atom. The van der Waals surface area contributed by atoms with Crippen molar-refractivity contribution in [3.8, 4) is 5.69 Å². The minimum Gasteiger partial charge on any atom is -0.236 e. The number of rotatable bonds is 4. The van der Waals surface area contributed by atoms with Crippen LogP contribution >= 0.6 is 23.4 Å². The summed E-state index contributed by atoms with van der Waals surface area (Å²) in [4.78, 5) is 4.41. The molecule has 4 rings (SSSR count). The number of pyridine rings is 1. The molecule has 0 amide bonds. The Bertz CT molecular complexity index is 1050. The van der Waals surface area contributed by atoms with Crippen molar-refractivity contribution in [2.24, 2.45) is 0 Å². The van der Waals surface area contributed by atoms with Crippen molar-refractivity contribution in [2.45, 2.75) is 10.9 Å². The van der Waals surface area contributed by atoms with E-state index in [1.54, 1.807) is 12.1 Å². The lowest BCUT2D eigenvalue weighted by Crippen LogP contribution is -1.99. The highest BCUT2D eigenvalue weighted by Gasteiger charge is 2.12. The first kappa shape index (κ1) is 16.0. The molecule has 0 N–H and O–H groups in total. The second kappa shape index (κ2) is 6.78. The number of para-hydroxylation sites is 1. The third-order valence-corrected chi connectivity index (χ3v) is 4.90. The van der Waals surface area contributed by atoms with Crippen molar-refractivity contribution in [1.29, 1.82) is 0 Å². The molecule has 124 valence electrons. The smallest absolute Gasteiger partial charge is 0.214 e. The fraction of sp³-hybridized carbons (Fsp3) is 0.0588. The number of hydrogen-bond donors (Lipinski definition) is 0. The lowest BCUT2D eigenvalue weighted by atomic mass is 10.2. The number of tetrazole rings is 1. The molecule has 0 saturated heterocycles. The maximum Gasteiger partial charge on any atom is 0.214 e. The van der Waals surface area contributed by atoms with Crippen molar-refractivity contribution in [1.82, 2.24) is 25.2 Å². The van der Waals surface area contributed by atoms with Crippen molar-refractivity contribution < 1.29 is 4.39 Å². The van der Waals surface area contributed by atoms with E-state index in [9.17, 15) is 4.39 Å². The van der Waals surface area contributed by atoms with E-state index < -0.39 is 0 Å². The van der Waals surface area contributed by atoms with E-state index >= 15 is 0 Å². The molecule has 4 aromatic rings. The van der Waals surface area contributed by atoms with Crippen LogP contribution in [0.3, 0.4) is 0 Å². The quantitative estimate of drug-likeness (QED) is 0.395. The zero-order valence-electron chi connectivity index (χ0n) is 12.8. The molecule has 8 heteroatoms. The van der Waals surface area contributed by atoms with Crippen molar-refractivity contribution in [3.05, 3.63) is 71.1 Å². The van der Waals surface area contributed by atoms with E-state index in [4.69, 9.17) is 11.6 Å². The van der Waals surface area contributed by atoms with Gasteiger partial charge in [-0.2, -0.15) is 4.68 Å². The fourth-order valence-electron chi connectivity index (χ4n) is 2.42. The number of thioether (sulfide) groups is 1. The molecule has 0 fully saturated rings. The van der Waals surface area contributed by atoms with E-state index in [1.165, 1.54) is 28.6 Å². The summed E-state index contributed by atoms with van der Waals surface area (Å²) in [6.07, 6.45) is 0. The van der Waals surface area contributed by atoms with Gasteiger partial charge in [-0.3, -0.25) is 0 Å². The highest BCUT2D eigenvalue weighted by atomic mass is 35.5. The molecule has 0 aliphatic heterocycles. The summed E-state index contributed by atoms with van der Waals surface area (Å²) in [7, 11) is 0. The molecule has 0 radical (unpaired) electrons. The zero-order chi connectivity index (χ0) is 17.2. The topological polar surface area (TPSA) is 56.5 Å². The Kier molecular flexibility index (Phi) is 4.33. The first-order chi connectivity index (χ1) is 12.2. The molecule has 0 bridgehead atoms. The lowest BCUT2D eigenvalue weighted by Gasteiger charge is -2.07. The van der Waals surface area contributed by atoms with E-state index in [0.717, 1.165) is 16.5 Å². The summed E-state index contributed by atoms with van der Waals surface area (Å²) in [6, 6.07) is 15.9. The second-order valence-corrected chi connectivity index (χ2v) is 6.57. The fourth-order valence-corrected chi connectivity index (χ4v) is 3.57. The summed E-state index contributed by atoms with van der Waals surface area (Å²) in [5.41, 5.74) is 2.31. The zero-order valence-corrected chi connectivity index (χ0v) is 14.4. The maximum absolute atomic E-state index is 13.4. The Labute approximate surface area is 151 Å². The van der Waals surface area contributed by atoms with Crippen LogP contribution in [-0.4, -0.2) is 25.2 Å². The molecule has 25 heavy (non-hydrogen) atoms. The summed E-state index contributed by atoms with van der Waals surface area (Å²) >= 11 is 7.70. The minimum atomic E-state index is -0.342. The van der Waals surface area contributed by atoms with Gasteiger partial charge in [0.1, 0.15) is 11.0 Å². The molecule has 2 heterocycles. The molecular formula is C17H11ClFN5S. The second-order valence-electron chi connectivity index (χ2n) is 5.27. The average molecular weight is 372 g/mol. The van der Waals surface area contributed by atoms with Crippen LogP contribution in [0.15, 0.2) is 59.8 Å². The summed E-state index contributed by atoms with van der Waals surface area (Å²) in [5, 5.41) is 13.6. The number of aromatic nitrogens is 5. The summed E-state index contributed by atoms with van der Waals surface area (Å²) in [5.74, 6) is 0.206. The van der Waals surface area contributed by atoms with Gasteiger partial charge in [0.15, 0.2) is 0 Å².